The minimum atomic E-state index is -3.34. The molecule has 1 fully saturated rings. The van der Waals surface area contributed by atoms with E-state index in [0.29, 0.717) is 19.8 Å². The highest BCUT2D eigenvalue weighted by atomic mass is 32.2. The first-order valence-corrected chi connectivity index (χ1v) is 6.60. The Kier molecular flexibility index (Phi) is 4.49. The van der Waals surface area contributed by atoms with E-state index in [2.05, 4.69) is 0 Å². The van der Waals surface area contributed by atoms with E-state index in [4.69, 9.17) is 10.5 Å². The van der Waals surface area contributed by atoms with Crippen LogP contribution in [-0.4, -0.2) is 63.6 Å². The maximum Gasteiger partial charge on any atom is 0.232 e. The summed E-state index contributed by atoms with van der Waals surface area (Å²) in [5.74, 6) is -1.37. The van der Waals surface area contributed by atoms with Crippen molar-refractivity contribution in [1.82, 2.24) is 4.90 Å². The van der Waals surface area contributed by atoms with Gasteiger partial charge in [-0.05, 0) is 0 Å². The van der Waals surface area contributed by atoms with Crippen LogP contribution in [0.2, 0.25) is 0 Å². The smallest absolute Gasteiger partial charge is 0.232 e. The summed E-state index contributed by atoms with van der Waals surface area (Å²) in [6, 6.07) is 0. The van der Waals surface area contributed by atoms with E-state index in [-0.39, 0.29) is 5.75 Å². The number of hydrogen-bond acceptors (Lipinski definition) is 5. The molecule has 1 heterocycles. The van der Waals surface area contributed by atoms with Crippen molar-refractivity contribution in [2.24, 2.45) is 5.73 Å². The Balaban J connectivity index is 2.31. The number of carbonyl (C=O) groups is 1. The summed E-state index contributed by atoms with van der Waals surface area (Å²) < 4.78 is 27.8. The molecule has 0 aromatic rings. The molecular weight excluding hydrogens is 220 g/mol. The third-order valence-electron chi connectivity index (χ3n) is 2.18. The Labute approximate surface area is 89.3 Å². The van der Waals surface area contributed by atoms with Gasteiger partial charge in [0.2, 0.25) is 5.91 Å². The highest BCUT2D eigenvalue weighted by molar-refractivity contribution is 7.92. The van der Waals surface area contributed by atoms with Crippen molar-refractivity contribution in [2.45, 2.75) is 0 Å². The predicted molar refractivity (Wildman–Crippen MR) is 55.1 cm³/mol. The third kappa shape index (κ3) is 5.10. The summed E-state index contributed by atoms with van der Waals surface area (Å²) in [6.45, 7) is 3.20. The summed E-state index contributed by atoms with van der Waals surface area (Å²) in [6.07, 6.45) is 0. The molecule has 2 N–H and O–H groups in total. The topological polar surface area (TPSA) is 89.7 Å². The lowest BCUT2D eigenvalue weighted by Crippen LogP contribution is -2.40. The average molecular weight is 236 g/mol. The summed E-state index contributed by atoms with van der Waals surface area (Å²) >= 11 is 0. The highest BCUT2D eigenvalue weighted by Crippen LogP contribution is 1.98. The van der Waals surface area contributed by atoms with Crippen molar-refractivity contribution in [3.05, 3.63) is 0 Å². The maximum absolute atomic E-state index is 11.3. The fraction of sp³-hybridized carbons (Fsp3) is 0.875. The minimum Gasteiger partial charge on any atom is -0.379 e. The number of morpholine rings is 1. The zero-order valence-electron chi connectivity index (χ0n) is 8.52. The van der Waals surface area contributed by atoms with Crippen molar-refractivity contribution in [3.63, 3.8) is 0 Å². The molecule has 0 unspecified atom stereocenters. The van der Waals surface area contributed by atoms with E-state index in [1.165, 1.54) is 0 Å². The molecule has 15 heavy (non-hydrogen) atoms. The zero-order valence-corrected chi connectivity index (χ0v) is 9.33. The fourth-order valence-corrected chi connectivity index (χ4v) is 2.50. The first-order valence-electron chi connectivity index (χ1n) is 4.78. The van der Waals surface area contributed by atoms with Crippen molar-refractivity contribution in [3.8, 4) is 0 Å². The second kappa shape index (κ2) is 5.43. The first kappa shape index (κ1) is 12.4. The number of primary amides is 1. The molecule has 0 bridgehead atoms. The van der Waals surface area contributed by atoms with Gasteiger partial charge in [-0.25, -0.2) is 8.42 Å². The number of amides is 1. The molecule has 1 amide bonds. The normalized spacial score (nSPS) is 18.9. The van der Waals surface area contributed by atoms with Crippen LogP contribution in [0.1, 0.15) is 0 Å². The van der Waals surface area contributed by atoms with Crippen LogP contribution < -0.4 is 5.73 Å². The Morgan fingerprint density at radius 1 is 1.33 bits per heavy atom. The van der Waals surface area contributed by atoms with Gasteiger partial charge in [-0.15, -0.1) is 0 Å². The molecule has 1 saturated heterocycles. The quantitative estimate of drug-likeness (QED) is 0.609. The van der Waals surface area contributed by atoms with Gasteiger partial charge >= 0.3 is 0 Å². The second-order valence-electron chi connectivity index (χ2n) is 3.51. The number of ether oxygens (including phenoxy) is 1. The van der Waals surface area contributed by atoms with E-state index in [0.717, 1.165) is 13.1 Å². The van der Waals surface area contributed by atoms with E-state index in [1.54, 1.807) is 0 Å². The Morgan fingerprint density at radius 2 is 1.93 bits per heavy atom. The Morgan fingerprint density at radius 3 is 2.47 bits per heavy atom. The van der Waals surface area contributed by atoms with Gasteiger partial charge in [0.05, 0.1) is 19.0 Å². The van der Waals surface area contributed by atoms with Gasteiger partial charge < -0.3 is 10.5 Å². The first-order chi connectivity index (χ1) is 6.99. The molecule has 1 aliphatic heterocycles. The standard InChI is InChI=1S/C8H16N2O4S/c9-8(11)7-15(12,13)6-3-10-1-4-14-5-2-10/h1-7H2,(H2,9,11). The van der Waals surface area contributed by atoms with Crippen LogP contribution in [0, 0.1) is 0 Å². The molecule has 0 aromatic carbocycles. The summed E-state index contributed by atoms with van der Waals surface area (Å²) in [5, 5.41) is 0. The van der Waals surface area contributed by atoms with E-state index in [1.807, 2.05) is 4.90 Å². The molecule has 0 atom stereocenters. The van der Waals surface area contributed by atoms with Gasteiger partial charge in [-0.3, -0.25) is 9.69 Å². The van der Waals surface area contributed by atoms with Crippen LogP contribution >= 0.6 is 0 Å². The van der Waals surface area contributed by atoms with E-state index >= 15 is 0 Å². The van der Waals surface area contributed by atoms with E-state index in [9.17, 15) is 13.2 Å². The fourth-order valence-electron chi connectivity index (χ4n) is 1.38. The molecule has 1 aliphatic rings. The molecule has 0 aliphatic carbocycles. The lowest BCUT2D eigenvalue weighted by atomic mass is 10.4. The average Bonchev–Trinajstić information content (AvgIpc) is 2.15. The van der Waals surface area contributed by atoms with Crippen LogP contribution in [0.25, 0.3) is 0 Å². The SMILES string of the molecule is NC(=O)CS(=O)(=O)CCN1CCOCC1. The summed E-state index contributed by atoms with van der Waals surface area (Å²) in [5.41, 5.74) is 4.84. The van der Waals surface area contributed by atoms with Gasteiger partial charge in [0.1, 0.15) is 5.75 Å². The number of rotatable bonds is 5. The highest BCUT2D eigenvalue weighted by Gasteiger charge is 2.17. The molecule has 6 nitrogen and oxygen atoms in total. The molecule has 1 rings (SSSR count). The van der Waals surface area contributed by atoms with Crippen molar-refractivity contribution < 1.29 is 17.9 Å². The van der Waals surface area contributed by atoms with Crippen molar-refractivity contribution in [1.29, 1.82) is 0 Å². The molecular formula is C8H16N2O4S. The third-order valence-corrected chi connectivity index (χ3v) is 3.71. The van der Waals surface area contributed by atoms with Gasteiger partial charge in [0.15, 0.2) is 9.84 Å². The maximum atomic E-state index is 11.3. The summed E-state index contributed by atoms with van der Waals surface area (Å²) in [7, 11) is -3.34. The molecule has 7 heteroatoms. The summed E-state index contributed by atoms with van der Waals surface area (Å²) in [4.78, 5) is 12.5. The Bertz CT molecular complexity index is 309. The van der Waals surface area contributed by atoms with Crippen LogP contribution in [0.4, 0.5) is 0 Å². The van der Waals surface area contributed by atoms with Crippen LogP contribution in [0.15, 0.2) is 0 Å². The minimum absolute atomic E-state index is 0.0179. The second-order valence-corrected chi connectivity index (χ2v) is 5.70. The number of nitrogens with two attached hydrogens (primary N) is 1. The molecule has 0 spiro atoms. The van der Waals surface area contributed by atoms with Gasteiger partial charge in [0, 0.05) is 19.6 Å². The van der Waals surface area contributed by atoms with Gasteiger partial charge in [0.25, 0.3) is 0 Å². The molecule has 0 radical (unpaired) electrons. The molecule has 88 valence electrons. The number of nitrogens with zero attached hydrogens (tertiary/aromatic N) is 1. The van der Waals surface area contributed by atoms with Crippen LogP contribution in [0.5, 0.6) is 0 Å². The number of sulfone groups is 1. The molecule has 0 aromatic heterocycles. The predicted octanol–water partition coefficient (Wildman–Crippen LogP) is -1.78. The van der Waals surface area contributed by atoms with Crippen molar-refractivity contribution >= 4 is 15.7 Å². The zero-order chi connectivity index (χ0) is 11.3. The number of carbonyl (C=O) groups excluding carboxylic acids is 1. The Hall–Kier alpha value is -0.660. The largest absolute Gasteiger partial charge is 0.379 e. The van der Waals surface area contributed by atoms with E-state index < -0.39 is 21.5 Å². The van der Waals surface area contributed by atoms with Gasteiger partial charge in [-0.2, -0.15) is 0 Å². The monoisotopic (exact) mass is 236 g/mol. The van der Waals surface area contributed by atoms with Crippen molar-refractivity contribution in [2.75, 3.05) is 44.4 Å². The lowest BCUT2D eigenvalue weighted by molar-refractivity contribution is -0.115. The van der Waals surface area contributed by atoms with Gasteiger partial charge in [-0.1, -0.05) is 0 Å². The van der Waals surface area contributed by atoms with Crippen LogP contribution in [-0.2, 0) is 19.4 Å². The van der Waals surface area contributed by atoms with Crippen LogP contribution in [0.3, 0.4) is 0 Å². The number of hydrogen-bond donors (Lipinski definition) is 1. The molecule has 0 saturated carbocycles. The lowest BCUT2D eigenvalue weighted by Gasteiger charge is -2.26.